The highest BCUT2D eigenvalue weighted by atomic mass is 16.1. The molecule has 10 heavy (non-hydrogen) atoms. The van der Waals surface area contributed by atoms with Gasteiger partial charge in [0, 0.05) is 0 Å². The van der Waals surface area contributed by atoms with Crippen molar-refractivity contribution >= 4 is 5.78 Å². The number of nitrogens with zero attached hydrogens (tertiary/aromatic N) is 1. The molecule has 2 heteroatoms. The van der Waals surface area contributed by atoms with Gasteiger partial charge in [-0.1, -0.05) is 6.58 Å². The normalized spacial score (nSPS) is 11.1. The predicted octanol–water partition coefficient (Wildman–Crippen LogP) is 0.838. The van der Waals surface area contributed by atoms with Gasteiger partial charge in [-0.15, -0.1) is 0 Å². The first-order valence-corrected chi connectivity index (χ1v) is 3.49. The van der Waals surface area contributed by atoms with Crippen molar-refractivity contribution in [1.82, 2.24) is 0 Å². The molecule has 2 nitrogen and oxygen atoms in total. The lowest BCUT2D eigenvalue weighted by Crippen LogP contribution is -2.42. The van der Waals surface area contributed by atoms with Crippen LogP contribution in [0.5, 0.6) is 0 Å². The lowest BCUT2D eigenvalue weighted by Gasteiger charge is -2.26. The Bertz CT molecular complexity index is 138. The molecule has 0 bridgehead atoms. The summed E-state index contributed by atoms with van der Waals surface area (Å²) in [5.74, 6) is 0.117. The number of rotatable bonds is 4. The van der Waals surface area contributed by atoms with Gasteiger partial charge >= 0.3 is 0 Å². The molecule has 0 rings (SSSR count). The standard InChI is InChI=1S/C8H16NO/c1-5-8(10)7-9(3,4)6-2/h5H,1,6-7H2,2-4H3/q+1. The zero-order valence-electron chi connectivity index (χ0n) is 7.05. The van der Waals surface area contributed by atoms with Crippen molar-refractivity contribution in [2.24, 2.45) is 0 Å². The predicted molar refractivity (Wildman–Crippen MR) is 42.7 cm³/mol. The number of likely N-dealkylation sites (N-methyl/N-ethyl adjacent to an activating group) is 1. The largest absolute Gasteiger partial charge is 0.322 e. The lowest BCUT2D eigenvalue weighted by atomic mass is 10.3. The summed E-state index contributed by atoms with van der Waals surface area (Å²) >= 11 is 0. The Morgan fingerprint density at radius 2 is 2.10 bits per heavy atom. The van der Waals surface area contributed by atoms with E-state index in [1.807, 2.05) is 14.1 Å². The Kier molecular flexibility index (Phi) is 3.30. The maximum atomic E-state index is 10.9. The highest BCUT2D eigenvalue weighted by Gasteiger charge is 2.14. The number of ketones is 1. The summed E-state index contributed by atoms with van der Waals surface area (Å²) in [5, 5.41) is 0. The van der Waals surface area contributed by atoms with E-state index < -0.39 is 0 Å². The van der Waals surface area contributed by atoms with E-state index in [1.54, 1.807) is 0 Å². The molecule has 0 aliphatic heterocycles. The van der Waals surface area contributed by atoms with E-state index in [0.717, 1.165) is 11.0 Å². The van der Waals surface area contributed by atoms with Crippen molar-refractivity contribution in [2.45, 2.75) is 6.92 Å². The van der Waals surface area contributed by atoms with Crippen LogP contribution in [0, 0.1) is 0 Å². The van der Waals surface area contributed by atoms with Gasteiger partial charge in [0.15, 0.2) is 0 Å². The van der Waals surface area contributed by atoms with Crippen molar-refractivity contribution in [3.05, 3.63) is 12.7 Å². The van der Waals surface area contributed by atoms with E-state index in [-0.39, 0.29) is 5.78 Å². The Hall–Kier alpha value is -0.630. The molecule has 0 heterocycles. The van der Waals surface area contributed by atoms with Crippen LogP contribution in [0.4, 0.5) is 0 Å². The third-order valence-electron chi connectivity index (χ3n) is 1.67. The molecule has 0 radical (unpaired) electrons. The second-order valence-electron chi connectivity index (χ2n) is 3.08. The number of quaternary nitrogens is 1. The van der Waals surface area contributed by atoms with Crippen molar-refractivity contribution in [3.8, 4) is 0 Å². The summed E-state index contributed by atoms with van der Waals surface area (Å²) in [6, 6.07) is 0. The van der Waals surface area contributed by atoms with E-state index in [4.69, 9.17) is 0 Å². The first-order chi connectivity index (χ1) is 4.52. The first-order valence-electron chi connectivity index (χ1n) is 3.49. The SMILES string of the molecule is C=CC(=O)C[N+](C)(C)CC. The minimum atomic E-state index is 0.117. The van der Waals surface area contributed by atoms with Crippen molar-refractivity contribution in [3.63, 3.8) is 0 Å². The Morgan fingerprint density at radius 3 is 2.40 bits per heavy atom. The van der Waals surface area contributed by atoms with E-state index in [0.29, 0.717) is 6.54 Å². The van der Waals surface area contributed by atoms with Crippen molar-refractivity contribution < 1.29 is 9.28 Å². The maximum absolute atomic E-state index is 10.9. The second kappa shape index (κ2) is 3.52. The van der Waals surface area contributed by atoms with Crippen LogP contribution in [0.2, 0.25) is 0 Å². The monoisotopic (exact) mass is 142 g/mol. The second-order valence-corrected chi connectivity index (χ2v) is 3.08. The fourth-order valence-electron chi connectivity index (χ4n) is 0.598. The molecule has 0 amide bonds. The van der Waals surface area contributed by atoms with Crippen LogP contribution in [0.1, 0.15) is 6.92 Å². The van der Waals surface area contributed by atoms with Crippen LogP contribution < -0.4 is 0 Å². The molecular weight excluding hydrogens is 126 g/mol. The zero-order valence-corrected chi connectivity index (χ0v) is 7.05. The molecule has 0 aliphatic rings. The number of carbonyl (C=O) groups is 1. The van der Waals surface area contributed by atoms with Gasteiger partial charge < -0.3 is 4.48 Å². The molecule has 0 aromatic carbocycles. The third kappa shape index (κ3) is 3.41. The molecule has 0 aromatic rings. The molecule has 0 saturated carbocycles. The van der Waals surface area contributed by atoms with Crippen LogP contribution in [0.25, 0.3) is 0 Å². The number of hydrogen-bond donors (Lipinski definition) is 0. The van der Waals surface area contributed by atoms with Gasteiger partial charge in [-0.25, -0.2) is 0 Å². The molecule has 0 N–H and O–H groups in total. The molecule has 0 unspecified atom stereocenters. The number of hydrogen-bond acceptors (Lipinski definition) is 1. The van der Waals surface area contributed by atoms with Crippen LogP contribution >= 0.6 is 0 Å². The topological polar surface area (TPSA) is 17.1 Å². The van der Waals surface area contributed by atoms with Crippen molar-refractivity contribution in [1.29, 1.82) is 0 Å². The molecule has 0 spiro atoms. The maximum Gasteiger partial charge on any atom is 0.209 e. The molecule has 0 aliphatic carbocycles. The summed E-state index contributed by atoms with van der Waals surface area (Å²) < 4.78 is 0.741. The summed E-state index contributed by atoms with van der Waals surface area (Å²) in [4.78, 5) is 10.9. The molecule has 0 aromatic heterocycles. The average Bonchev–Trinajstić information content (AvgIpc) is 1.87. The highest BCUT2D eigenvalue weighted by molar-refractivity contribution is 5.90. The van der Waals surface area contributed by atoms with E-state index in [9.17, 15) is 4.79 Å². The summed E-state index contributed by atoms with van der Waals surface area (Å²) in [6.07, 6.45) is 1.38. The molecule has 0 saturated heterocycles. The molecule has 0 atom stereocenters. The van der Waals surface area contributed by atoms with Crippen LogP contribution in [-0.2, 0) is 4.79 Å². The fourth-order valence-corrected chi connectivity index (χ4v) is 0.598. The van der Waals surface area contributed by atoms with E-state index in [2.05, 4.69) is 13.5 Å². The molecule has 0 fully saturated rings. The van der Waals surface area contributed by atoms with Gasteiger partial charge in [-0.2, -0.15) is 0 Å². The highest BCUT2D eigenvalue weighted by Crippen LogP contribution is 1.95. The van der Waals surface area contributed by atoms with Crippen LogP contribution in [0.15, 0.2) is 12.7 Å². The first kappa shape index (κ1) is 9.37. The van der Waals surface area contributed by atoms with Crippen LogP contribution in [0.3, 0.4) is 0 Å². The number of carbonyl (C=O) groups excluding carboxylic acids is 1. The summed E-state index contributed by atoms with van der Waals surface area (Å²) in [7, 11) is 4.06. The summed E-state index contributed by atoms with van der Waals surface area (Å²) in [5.41, 5.74) is 0. The zero-order chi connectivity index (χ0) is 8.20. The van der Waals surface area contributed by atoms with Gasteiger partial charge in [0.2, 0.25) is 5.78 Å². The third-order valence-corrected chi connectivity index (χ3v) is 1.67. The van der Waals surface area contributed by atoms with Crippen LogP contribution in [-0.4, -0.2) is 37.5 Å². The Morgan fingerprint density at radius 1 is 1.60 bits per heavy atom. The average molecular weight is 142 g/mol. The summed E-state index contributed by atoms with van der Waals surface area (Å²) in [6.45, 7) is 7.01. The Balaban J connectivity index is 3.87. The fraction of sp³-hybridized carbons (Fsp3) is 0.625. The van der Waals surface area contributed by atoms with Gasteiger partial charge in [0.05, 0.1) is 20.6 Å². The van der Waals surface area contributed by atoms with Gasteiger partial charge in [0.25, 0.3) is 0 Å². The lowest BCUT2D eigenvalue weighted by molar-refractivity contribution is -0.880. The van der Waals surface area contributed by atoms with Gasteiger partial charge in [-0.3, -0.25) is 4.79 Å². The van der Waals surface area contributed by atoms with E-state index in [1.165, 1.54) is 6.08 Å². The quantitative estimate of drug-likeness (QED) is 0.420. The minimum absolute atomic E-state index is 0.117. The molecular formula is C8H16NO+. The minimum Gasteiger partial charge on any atom is -0.322 e. The van der Waals surface area contributed by atoms with Gasteiger partial charge in [0.1, 0.15) is 6.54 Å². The smallest absolute Gasteiger partial charge is 0.209 e. The van der Waals surface area contributed by atoms with Gasteiger partial charge in [-0.05, 0) is 13.0 Å². The van der Waals surface area contributed by atoms with E-state index >= 15 is 0 Å². The Labute approximate surface area is 62.7 Å². The molecule has 58 valence electrons. The van der Waals surface area contributed by atoms with Crippen molar-refractivity contribution in [2.75, 3.05) is 27.2 Å².